The van der Waals surface area contributed by atoms with Crippen molar-refractivity contribution < 1.29 is 14.7 Å². The number of thioether (sulfide) groups is 1. The third kappa shape index (κ3) is 8.40. The van der Waals surface area contributed by atoms with E-state index in [0.29, 0.717) is 18.6 Å². The van der Waals surface area contributed by atoms with Gasteiger partial charge in [0.05, 0.1) is 5.75 Å². The standard InChI is InChI=1S/C16H23NO3S/c1-2-10-21-12-15(18)17-14(8-9-16(19)20)11-13-6-4-3-5-7-13/h3-7,14H,2,8-12H2,1H3,(H,17,18)(H,19,20). The molecule has 0 aliphatic heterocycles. The maximum absolute atomic E-state index is 11.9. The monoisotopic (exact) mass is 309 g/mol. The Kier molecular flexibility index (Phi) is 8.59. The molecular formula is C16H23NO3S. The van der Waals surface area contributed by atoms with Gasteiger partial charge in [0.25, 0.3) is 0 Å². The van der Waals surface area contributed by atoms with E-state index in [1.807, 2.05) is 30.3 Å². The van der Waals surface area contributed by atoms with Crippen molar-refractivity contribution >= 4 is 23.6 Å². The van der Waals surface area contributed by atoms with Gasteiger partial charge in [-0.15, -0.1) is 0 Å². The Bertz CT molecular complexity index is 436. The van der Waals surface area contributed by atoms with Gasteiger partial charge in [-0.3, -0.25) is 9.59 Å². The van der Waals surface area contributed by atoms with E-state index in [4.69, 9.17) is 5.11 Å². The fraction of sp³-hybridized carbons (Fsp3) is 0.500. The molecule has 0 saturated carbocycles. The third-order valence-corrected chi connectivity index (χ3v) is 4.14. The number of aliphatic carboxylic acids is 1. The van der Waals surface area contributed by atoms with Gasteiger partial charge < -0.3 is 10.4 Å². The summed E-state index contributed by atoms with van der Waals surface area (Å²) in [4.78, 5) is 22.6. The van der Waals surface area contributed by atoms with Gasteiger partial charge in [-0.25, -0.2) is 0 Å². The van der Waals surface area contributed by atoms with Crippen LogP contribution < -0.4 is 5.32 Å². The Morgan fingerprint density at radius 2 is 2.00 bits per heavy atom. The number of carbonyl (C=O) groups is 2. The van der Waals surface area contributed by atoms with Crippen LogP contribution in [0.4, 0.5) is 0 Å². The van der Waals surface area contributed by atoms with E-state index in [9.17, 15) is 9.59 Å². The number of nitrogens with one attached hydrogen (secondary N) is 1. The molecule has 1 amide bonds. The summed E-state index contributed by atoms with van der Waals surface area (Å²) in [6.45, 7) is 2.08. The maximum atomic E-state index is 11.9. The number of benzene rings is 1. The molecule has 1 rings (SSSR count). The molecule has 0 spiro atoms. The summed E-state index contributed by atoms with van der Waals surface area (Å²) in [7, 11) is 0. The van der Waals surface area contributed by atoms with Gasteiger partial charge >= 0.3 is 5.97 Å². The minimum atomic E-state index is -0.831. The second kappa shape index (κ2) is 10.3. The summed E-state index contributed by atoms with van der Waals surface area (Å²) < 4.78 is 0. The first-order valence-electron chi connectivity index (χ1n) is 7.24. The highest BCUT2D eigenvalue weighted by Crippen LogP contribution is 2.09. The smallest absolute Gasteiger partial charge is 0.303 e. The lowest BCUT2D eigenvalue weighted by Gasteiger charge is -2.18. The average Bonchev–Trinajstić information content (AvgIpc) is 2.46. The predicted octanol–water partition coefficient (Wildman–Crippen LogP) is 2.72. The van der Waals surface area contributed by atoms with E-state index in [-0.39, 0.29) is 18.4 Å². The van der Waals surface area contributed by atoms with Crippen LogP contribution in [0.5, 0.6) is 0 Å². The van der Waals surface area contributed by atoms with Crippen molar-refractivity contribution in [1.29, 1.82) is 0 Å². The van der Waals surface area contributed by atoms with Gasteiger partial charge in [-0.05, 0) is 30.6 Å². The molecule has 0 aliphatic rings. The molecule has 21 heavy (non-hydrogen) atoms. The fourth-order valence-corrected chi connectivity index (χ4v) is 2.70. The van der Waals surface area contributed by atoms with Crippen molar-refractivity contribution in [1.82, 2.24) is 5.32 Å². The lowest BCUT2D eigenvalue weighted by molar-refractivity contribution is -0.137. The van der Waals surface area contributed by atoms with Gasteiger partial charge in [0.15, 0.2) is 0 Å². The van der Waals surface area contributed by atoms with Crippen LogP contribution in [-0.2, 0) is 16.0 Å². The van der Waals surface area contributed by atoms with Crippen molar-refractivity contribution in [3.05, 3.63) is 35.9 Å². The van der Waals surface area contributed by atoms with Gasteiger partial charge in [0.2, 0.25) is 5.91 Å². The van der Waals surface area contributed by atoms with Gasteiger partial charge in [0.1, 0.15) is 0 Å². The Morgan fingerprint density at radius 3 is 2.62 bits per heavy atom. The van der Waals surface area contributed by atoms with E-state index in [1.54, 1.807) is 11.8 Å². The molecule has 5 heteroatoms. The minimum Gasteiger partial charge on any atom is -0.481 e. The van der Waals surface area contributed by atoms with Crippen LogP contribution in [0.2, 0.25) is 0 Å². The second-order valence-electron chi connectivity index (χ2n) is 4.94. The minimum absolute atomic E-state index is 0.0141. The predicted molar refractivity (Wildman–Crippen MR) is 86.6 cm³/mol. The molecule has 0 heterocycles. The van der Waals surface area contributed by atoms with E-state index in [2.05, 4.69) is 12.2 Å². The van der Waals surface area contributed by atoms with Crippen LogP contribution in [-0.4, -0.2) is 34.5 Å². The van der Waals surface area contributed by atoms with Gasteiger partial charge in [-0.2, -0.15) is 11.8 Å². The van der Waals surface area contributed by atoms with E-state index in [0.717, 1.165) is 17.7 Å². The Balaban J connectivity index is 2.51. The van der Waals surface area contributed by atoms with Crippen LogP contribution in [0.1, 0.15) is 31.7 Å². The number of hydrogen-bond acceptors (Lipinski definition) is 3. The summed E-state index contributed by atoms with van der Waals surface area (Å²) in [6, 6.07) is 9.69. The highest BCUT2D eigenvalue weighted by Gasteiger charge is 2.14. The Hall–Kier alpha value is -1.49. The van der Waals surface area contributed by atoms with Crippen molar-refractivity contribution in [2.75, 3.05) is 11.5 Å². The molecule has 2 N–H and O–H groups in total. The zero-order valence-corrected chi connectivity index (χ0v) is 13.2. The zero-order valence-electron chi connectivity index (χ0n) is 12.4. The molecule has 0 aliphatic carbocycles. The molecule has 4 nitrogen and oxygen atoms in total. The van der Waals surface area contributed by atoms with Gasteiger partial charge in [0, 0.05) is 12.5 Å². The van der Waals surface area contributed by atoms with E-state index in [1.165, 1.54) is 0 Å². The first-order chi connectivity index (χ1) is 10.1. The molecule has 0 saturated heterocycles. The normalized spacial score (nSPS) is 11.9. The molecule has 0 aromatic heterocycles. The summed E-state index contributed by atoms with van der Waals surface area (Å²) in [5, 5.41) is 11.8. The molecule has 1 unspecified atom stereocenters. The summed E-state index contributed by atoms with van der Waals surface area (Å²) in [5.74, 6) is 0.556. The van der Waals surface area contributed by atoms with Crippen LogP contribution in [0.3, 0.4) is 0 Å². The van der Waals surface area contributed by atoms with Crippen LogP contribution in [0, 0.1) is 0 Å². The van der Waals surface area contributed by atoms with Crippen molar-refractivity contribution in [2.45, 2.75) is 38.6 Å². The second-order valence-corrected chi connectivity index (χ2v) is 6.04. The first-order valence-corrected chi connectivity index (χ1v) is 8.40. The molecule has 0 radical (unpaired) electrons. The lowest BCUT2D eigenvalue weighted by atomic mass is 10.0. The summed E-state index contributed by atoms with van der Waals surface area (Å²) in [6.07, 6.45) is 2.23. The first kappa shape index (κ1) is 17.6. The molecule has 1 atom stereocenters. The fourth-order valence-electron chi connectivity index (χ4n) is 2.00. The zero-order chi connectivity index (χ0) is 15.5. The molecule has 0 fully saturated rings. The number of carbonyl (C=O) groups excluding carboxylic acids is 1. The van der Waals surface area contributed by atoms with E-state index < -0.39 is 5.97 Å². The summed E-state index contributed by atoms with van der Waals surface area (Å²) >= 11 is 1.61. The lowest BCUT2D eigenvalue weighted by Crippen LogP contribution is -2.38. The highest BCUT2D eigenvalue weighted by molar-refractivity contribution is 7.99. The molecular weight excluding hydrogens is 286 g/mol. The van der Waals surface area contributed by atoms with Crippen molar-refractivity contribution in [3.63, 3.8) is 0 Å². The number of amides is 1. The topological polar surface area (TPSA) is 66.4 Å². The highest BCUT2D eigenvalue weighted by atomic mass is 32.2. The number of hydrogen-bond donors (Lipinski definition) is 2. The number of carboxylic acids is 1. The average molecular weight is 309 g/mol. The van der Waals surface area contributed by atoms with E-state index >= 15 is 0 Å². The quantitative estimate of drug-likeness (QED) is 0.652. The Morgan fingerprint density at radius 1 is 1.29 bits per heavy atom. The molecule has 116 valence electrons. The maximum Gasteiger partial charge on any atom is 0.303 e. The number of carboxylic acid groups (broad SMARTS) is 1. The SMILES string of the molecule is CCCSCC(=O)NC(CCC(=O)O)Cc1ccccc1. The Labute approximate surface area is 130 Å². The molecule has 1 aromatic rings. The van der Waals surface area contributed by atoms with Crippen LogP contribution >= 0.6 is 11.8 Å². The number of rotatable bonds is 10. The van der Waals surface area contributed by atoms with Gasteiger partial charge in [-0.1, -0.05) is 37.3 Å². The largest absolute Gasteiger partial charge is 0.481 e. The van der Waals surface area contributed by atoms with Crippen molar-refractivity contribution in [3.8, 4) is 0 Å². The molecule has 0 bridgehead atoms. The molecule has 1 aromatic carbocycles. The summed E-state index contributed by atoms with van der Waals surface area (Å²) in [5.41, 5.74) is 1.11. The van der Waals surface area contributed by atoms with Crippen molar-refractivity contribution in [2.24, 2.45) is 0 Å². The van der Waals surface area contributed by atoms with Crippen LogP contribution in [0.15, 0.2) is 30.3 Å². The third-order valence-electron chi connectivity index (χ3n) is 2.98. The van der Waals surface area contributed by atoms with Crippen LogP contribution in [0.25, 0.3) is 0 Å².